The largest absolute Gasteiger partial charge is 0.482 e. The molecule has 0 spiro atoms. The SMILES string of the molecule is Nc1cc(C=O)ccc1OCC(=O)N1CCCCCC1. The van der Waals surface area contributed by atoms with E-state index < -0.39 is 0 Å². The molecule has 20 heavy (non-hydrogen) atoms. The second-order valence-corrected chi connectivity index (χ2v) is 5.00. The lowest BCUT2D eigenvalue weighted by Crippen LogP contribution is -2.35. The van der Waals surface area contributed by atoms with Gasteiger partial charge in [0.25, 0.3) is 5.91 Å². The van der Waals surface area contributed by atoms with Crippen LogP contribution in [0.25, 0.3) is 0 Å². The van der Waals surface area contributed by atoms with Crippen LogP contribution in [0.2, 0.25) is 0 Å². The summed E-state index contributed by atoms with van der Waals surface area (Å²) in [5, 5.41) is 0. The molecule has 1 amide bonds. The van der Waals surface area contributed by atoms with Gasteiger partial charge in [0.1, 0.15) is 12.0 Å². The molecule has 0 atom stereocenters. The molecule has 1 saturated heterocycles. The maximum absolute atomic E-state index is 12.1. The fourth-order valence-electron chi connectivity index (χ4n) is 2.32. The Labute approximate surface area is 118 Å². The number of nitrogens with two attached hydrogens (primary N) is 1. The number of nitrogens with zero attached hydrogens (tertiary/aromatic N) is 1. The summed E-state index contributed by atoms with van der Waals surface area (Å²) in [5.41, 5.74) is 6.65. The highest BCUT2D eigenvalue weighted by molar-refractivity contribution is 5.79. The third-order valence-electron chi connectivity index (χ3n) is 3.48. The molecule has 5 nitrogen and oxygen atoms in total. The van der Waals surface area contributed by atoms with E-state index in [9.17, 15) is 9.59 Å². The van der Waals surface area contributed by atoms with Crippen LogP contribution >= 0.6 is 0 Å². The molecule has 0 radical (unpaired) electrons. The lowest BCUT2D eigenvalue weighted by molar-refractivity contribution is -0.133. The monoisotopic (exact) mass is 276 g/mol. The average molecular weight is 276 g/mol. The number of likely N-dealkylation sites (tertiary alicyclic amines) is 1. The molecule has 0 saturated carbocycles. The normalized spacial score (nSPS) is 15.5. The Hall–Kier alpha value is -2.04. The number of ether oxygens (including phenoxy) is 1. The molecule has 1 heterocycles. The van der Waals surface area contributed by atoms with Crippen LogP contribution in [0.1, 0.15) is 36.0 Å². The second kappa shape index (κ2) is 6.93. The van der Waals surface area contributed by atoms with Gasteiger partial charge in [-0.15, -0.1) is 0 Å². The highest BCUT2D eigenvalue weighted by Crippen LogP contribution is 2.22. The average Bonchev–Trinajstić information content (AvgIpc) is 2.74. The van der Waals surface area contributed by atoms with E-state index in [1.807, 2.05) is 4.90 Å². The molecule has 0 aliphatic carbocycles. The quantitative estimate of drug-likeness (QED) is 0.673. The standard InChI is InChI=1S/C15H20N2O3/c16-13-9-12(10-18)5-6-14(13)20-11-15(19)17-7-3-1-2-4-8-17/h5-6,9-10H,1-4,7-8,11,16H2. The summed E-state index contributed by atoms with van der Waals surface area (Å²) in [6.07, 6.45) is 5.21. The van der Waals surface area contributed by atoms with Gasteiger partial charge in [0, 0.05) is 18.7 Å². The van der Waals surface area contributed by atoms with Crippen molar-refractivity contribution in [3.63, 3.8) is 0 Å². The predicted octanol–water partition coefficient (Wildman–Crippen LogP) is 1.86. The maximum atomic E-state index is 12.1. The number of amides is 1. The van der Waals surface area contributed by atoms with Gasteiger partial charge >= 0.3 is 0 Å². The van der Waals surface area contributed by atoms with Crippen LogP contribution in [-0.4, -0.2) is 36.8 Å². The molecule has 1 aliphatic heterocycles. The van der Waals surface area contributed by atoms with Gasteiger partial charge < -0.3 is 15.4 Å². The summed E-state index contributed by atoms with van der Waals surface area (Å²) >= 11 is 0. The number of hydrogen-bond acceptors (Lipinski definition) is 4. The molecule has 1 aromatic carbocycles. The van der Waals surface area contributed by atoms with E-state index in [0.717, 1.165) is 32.2 Å². The van der Waals surface area contributed by atoms with E-state index in [1.54, 1.807) is 18.2 Å². The molecule has 108 valence electrons. The number of benzene rings is 1. The topological polar surface area (TPSA) is 72.6 Å². The zero-order valence-electron chi connectivity index (χ0n) is 11.5. The van der Waals surface area contributed by atoms with E-state index in [0.29, 0.717) is 17.0 Å². The van der Waals surface area contributed by atoms with Crippen LogP contribution < -0.4 is 10.5 Å². The molecular weight excluding hydrogens is 256 g/mol. The number of aldehydes is 1. The molecule has 1 aromatic rings. The first-order valence-electron chi connectivity index (χ1n) is 6.96. The summed E-state index contributed by atoms with van der Waals surface area (Å²) in [6, 6.07) is 4.78. The van der Waals surface area contributed by atoms with E-state index in [1.165, 1.54) is 12.8 Å². The summed E-state index contributed by atoms with van der Waals surface area (Å²) in [7, 11) is 0. The molecule has 1 fully saturated rings. The smallest absolute Gasteiger partial charge is 0.260 e. The minimum absolute atomic E-state index is 0.00855. The van der Waals surface area contributed by atoms with Gasteiger partial charge in [0.2, 0.25) is 0 Å². The Morgan fingerprint density at radius 2 is 1.95 bits per heavy atom. The number of carbonyl (C=O) groups excluding carboxylic acids is 2. The van der Waals surface area contributed by atoms with Gasteiger partial charge in [-0.25, -0.2) is 0 Å². The number of rotatable bonds is 4. The summed E-state index contributed by atoms with van der Waals surface area (Å²) < 4.78 is 5.46. The molecule has 2 N–H and O–H groups in total. The minimum Gasteiger partial charge on any atom is -0.482 e. The first-order chi connectivity index (χ1) is 9.70. The zero-order valence-corrected chi connectivity index (χ0v) is 11.5. The maximum Gasteiger partial charge on any atom is 0.260 e. The van der Waals surface area contributed by atoms with Crippen LogP contribution in [0.4, 0.5) is 5.69 Å². The Balaban J connectivity index is 1.90. The van der Waals surface area contributed by atoms with E-state index >= 15 is 0 Å². The molecule has 0 unspecified atom stereocenters. The van der Waals surface area contributed by atoms with Gasteiger partial charge in [0.15, 0.2) is 6.61 Å². The highest BCUT2D eigenvalue weighted by atomic mass is 16.5. The van der Waals surface area contributed by atoms with Gasteiger partial charge in [-0.3, -0.25) is 9.59 Å². The number of carbonyl (C=O) groups is 2. The summed E-state index contributed by atoms with van der Waals surface area (Å²) in [5.74, 6) is 0.435. The second-order valence-electron chi connectivity index (χ2n) is 5.00. The van der Waals surface area contributed by atoms with E-state index in [-0.39, 0.29) is 12.5 Å². The van der Waals surface area contributed by atoms with Crippen LogP contribution in [0.5, 0.6) is 5.75 Å². The fourth-order valence-corrected chi connectivity index (χ4v) is 2.32. The van der Waals surface area contributed by atoms with Crippen molar-refractivity contribution < 1.29 is 14.3 Å². The lowest BCUT2D eigenvalue weighted by Gasteiger charge is -2.20. The number of anilines is 1. The molecule has 0 aromatic heterocycles. The Morgan fingerprint density at radius 1 is 1.25 bits per heavy atom. The van der Waals surface area contributed by atoms with Crippen molar-refractivity contribution >= 4 is 17.9 Å². The van der Waals surface area contributed by atoms with Crippen molar-refractivity contribution in [3.8, 4) is 5.75 Å². The Bertz CT molecular complexity index is 480. The Morgan fingerprint density at radius 3 is 2.55 bits per heavy atom. The van der Waals surface area contributed by atoms with E-state index in [4.69, 9.17) is 10.5 Å². The number of nitrogen functional groups attached to an aromatic ring is 1. The molecular formula is C15H20N2O3. The van der Waals surface area contributed by atoms with Crippen LogP contribution in [0.3, 0.4) is 0 Å². The first-order valence-corrected chi connectivity index (χ1v) is 6.96. The van der Waals surface area contributed by atoms with Crippen molar-refractivity contribution in [1.82, 2.24) is 4.90 Å². The van der Waals surface area contributed by atoms with Gasteiger partial charge in [-0.1, -0.05) is 12.8 Å². The van der Waals surface area contributed by atoms with Gasteiger partial charge in [-0.2, -0.15) is 0 Å². The molecule has 1 aliphatic rings. The minimum atomic E-state index is -0.00929. The van der Waals surface area contributed by atoms with Crippen LogP contribution in [-0.2, 0) is 4.79 Å². The molecule has 2 rings (SSSR count). The fraction of sp³-hybridized carbons (Fsp3) is 0.467. The lowest BCUT2D eigenvalue weighted by atomic mass is 10.2. The van der Waals surface area contributed by atoms with Crippen LogP contribution in [0, 0.1) is 0 Å². The molecule has 0 bridgehead atoms. The van der Waals surface area contributed by atoms with Crippen molar-refractivity contribution in [2.24, 2.45) is 0 Å². The predicted molar refractivity (Wildman–Crippen MR) is 76.8 cm³/mol. The summed E-state index contributed by atoms with van der Waals surface area (Å²) in [6.45, 7) is 1.61. The van der Waals surface area contributed by atoms with Crippen LogP contribution in [0.15, 0.2) is 18.2 Å². The Kier molecular flexibility index (Phi) is 4.98. The first kappa shape index (κ1) is 14.4. The molecule has 5 heteroatoms. The van der Waals surface area contributed by atoms with Crippen molar-refractivity contribution in [1.29, 1.82) is 0 Å². The number of hydrogen-bond donors (Lipinski definition) is 1. The highest BCUT2D eigenvalue weighted by Gasteiger charge is 2.16. The van der Waals surface area contributed by atoms with Crippen molar-refractivity contribution in [2.45, 2.75) is 25.7 Å². The van der Waals surface area contributed by atoms with E-state index in [2.05, 4.69) is 0 Å². The van der Waals surface area contributed by atoms with Crippen molar-refractivity contribution in [2.75, 3.05) is 25.4 Å². The van der Waals surface area contributed by atoms with Crippen molar-refractivity contribution in [3.05, 3.63) is 23.8 Å². The zero-order chi connectivity index (χ0) is 14.4. The third kappa shape index (κ3) is 3.73. The third-order valence-corrected chi connectivity index (χ3v) is 3.48. The summed E-state index contributed by atoms with van der Waals surface area (Å²) in [4.78, 5) is 24.5. The van der Waals surface area contributed by atoms with Gasteiger partial charge in [-0.05, 0) is 31.0 Å². The van der Waals surface area contributed by atoms with Gasteiger partial charge in [0.05, 0.1) is 5.69 Å².